The molecule has 0 amide bonds. The number of rotatable bonds is 6. The highest BCUT2D eigenvalue weighted by molar-refractivity contribution is 5.99. The molecular formula is C14H15NO3. The number of aryl methyl sites for hydroxylation is 1. The van der Waals surface area contributed by atoms with Crippen LogP contribution in [0.5, 0.6) is 0 Å². The summed E-state index contributed by atoms with van der Waals surface area (Å²) in [7, 11) is 1.95. The van der Waals surface area contributed by atoms with Crippen molar-refractivity contribution in [3.63, 3.8) is 0 Å². The van der Waals surface area contributed by atoms with Gasteiger partial charge in [-0.3, -0.25) is 9.59 Å². The number of fused-ring (bicyclic) bond motifs is 1. The molecule has 4 nitrogen and oxygen atoms in total. The highest BCUT2D eigenvalue weighted by atomic mass is 16.5. The number of para-hydroxylation sites is 1. The van der Waals surface area contributed by atoms with Crippen LogP contribution in [-0.4, -0.2) is 23.9 Å². The summed E-state index contributed by atoms with van der Waals surface area (Å²) in [6, 6.07) is 7.82. The van der Waals surface area contributed by atoms with Gasteiger partial charge in [0.05, 0.1) is 6.61 Å². The Morgan fingerprint density at radius 2 is 2.06 bits per heavy atom. The SMILES string of the molecule is Cn1c(CCCOC=O)c(C=O)c2ccccc21. The maximum absolute atomic E-state index is 11.2. The molecule has 0 spiro atoms. The van der Waals surface area contributed by atoms with Gasteiger partial charge in [-0.1, -0.05) is 18.2 Å². The van der Waals surface area contributed by atoms with Crippen LogP contribution in [0.2, 0.25) is 0 Å². The Hall–Kier alpha value is -2.10. The number of aldehydes is 1. The lowest BCUT2D eigenvalue weighted by Crippen LogP contribution is -2.02. The van der Waals surface area contributed by atoms with Gasteiger partial charge in [-0.05, 0) is 18.9 Å². The van der Waals surface area contributed by atoms with Crippen LogP contribution < -0.4 is 0 Å². The average Bonchev–Trinajstić information content (AvgIpc) is 2.68. The van der Waals surface area contributed by atoms with Crippen LogP contribution in [0.1, 0.15) is 22.5 Å². The Balaban J connectivity index is 2.33. The third-order valence-corrected chi connectivity index (χ3v) is 3.13. The summed E-state index contributed by atoms with van der Waals surface area (Å²) in [5, 5.41) is 0.973. The maximum atomic E-state index is 11.2. The predicted octanol–water partition coefficient (Wildman–Crippen LogP) is 2.10. The number of hydrogen-bond donors (Lipinski definition) is 0. The Kier molecular flexibility index (Phi) is 3.77. The van der Waals surface area contributed by atoms with E-state index in [1.165, 1.54) is 0 Å². The number of carbonyl (C=O) groups excluding carboxylic acids is 2. The minimum atomic E-state index is 0.378. The van der Waals surface area contributed by atoms with E-state index in [0.717, 1.165) is 28.4 Å². The molecule has 2 rings (SSSR count). The van der Waals surface area contributed by atoms with Crippen LogP contribution in [-0.2, 0) is 23.0 Å². The van der Waals surface area contributed by atoms with Gasteiger partial charge in [0.25, 0.3) is 6.47 Å². The highest BCUT2D eigenvalue weighted by Crippen LogP contribution is 2.24. The summed E-state index contributed by atoms with van der Waals surface area (Å²) >= 11 is 0. The van der Waals surface area contributed by atoms with Gasteiger partial charge in [-0.2, -0.15) is 0 Å². The van der Waals surface area contributed by atoms with Gasteiger partial charge in [0, 0.05) is 29.2 Å². The fourth-order valence-corrected chi connectivity index (χ4v) is 2.28. The highest BCUT2D eigenvalue weighted by Gasteiger charge is 2.13. The number of aromatic nitrogens is 1. The summed E-state index contributed by atoms with van der Waals surface area (Å²) in [5.74, 6) is 0. The molecule has 0 saturated carbocycles. The zero-order chi connectivity index (χ0) is 13.0. The smallest absolute Gasteiger partial charge is 0.293 e. The summed E-state index contributed by atoms with van der Waals surface area (Å²) in [4.78, 5) is 21.3. The number of nitrogens with zero attached hydrogens (tertiary/aromatic N) is 1. The largest absolute Gasteiger partial charge is 0.468 e. The molecule has 0 unspecified atom stereocenters. The summed E-state index contributed by atoms with van der Waals surface area (Å²) < 4.78 is 6.69. The zero-order valence-electron chi connectivity index (χ0n) is 10.3. The summed E-state index contributed by atoms with van der Waals surface area (Å²) in [6.45, 7) is 0.825. The van der Waals surface area contributed by atoms with Crippen molar-refractivity contribution in [1.82, 2.24) is 4.57 Å². The molecule has 18 heavy (non-hydrogen) atoms. The minimum Gasteiger partial charge on any atom is -0.468 e. The molecule has 0 atom stereocenters. The molecule has 94 valence electrons. The summed E-state index contributed by atoms with van der Waals surface area (Å²) in [5.41, 5.74) is 2.77. The molecule has 0 radical (unpaired) electrons. The maximum Gasteiger partial charge on any atom is 0.293 e. The van der Waals surface area contributed by atoms with Crippen LogP contribution in [0.15, 0.2) is 24.3 Å². The van der Waals surface area contributed by atoms with Crippen molar-refractivity contribution in [2.45, 2.75) is 12.8 Å². The van der Waals surface area contributed by atoms with Crippen LogP contribution >= 0.6 is 0 Å². The molecule has 1 heterocycles. The van der Waals surface area contributed by atoms with Gasteiger partial charge in [-0.15, -0.1) is 0 Å². The Morgan fingerprint density at radius 1 is 1.28 bits per heavy atom. The Morgan fingerprint density at radius 3 is 2.78 bits per heavy atom. The lowest BCUT2D eigenvalue weighted by molar-refractivity contribution is -0.128. The van der Waals surface area contributed by atoms with E-state index in [1.54, 1.807) is 0 Å². The molecule has 0 saturated heterocycles. The van der Waals surface area contributed by atoms with Gasteiger partial charge in [0.1, 0.15) is 0 Å². The van der Waals surface area contributed by atoms with E-state index >= 15 is 0 Å². The van der Waals surface area contributed by atoms with Crippen molar-refractivity contribution in [1.29, 1.82) is 0 Å². The van der Waals surface area contributed by atoms with Crippen LogP contribution in [0, 0.1) is 0 Å². The zero-order valence-corrected chi connectivity index (χ0v) is 10.3. The van der Waals surface area contributed by atoms with Crippen LogP contribution in [0.4, 0.5) is 0 Å². The van der Waals surface area contributed by atoms with E-state index in [2.05, 4.69) is 4.74 Å². The molecule has 0 aliphatic carbocycles. The first-order chi connectivity index (χ1) is 8.79. The number of benzene rings is 1. The van der Waals surface area contributed by atoms with Crippen molar-refractivity contribution >= 4 is 23.7 Å². The van der Waals surface area contributed by atoms with Crippen molar-refractivity contribution < 1.29 is 14.3 Å². The molecule has 0 N–H and O–H groups in total. The molecule has 4 heteroatoms. The standard InChI is InChI=1S/C14H15NO3/c1-15-13-6-3-2-5-11(13)12(9-16)14(15)7-4-8-18-10-17/h2-3,5-6,9-10H,4,7-8H2,1H3. The third kappa shape index (κ3) is 2.14. The topological polar surface area (TPSA) is 48.3 Å². The predicted molar refractivity (Wildman–Crippen MR) is 68.6 cm³/mol. The molecule has 1 aromatic heterocycles. The fourth-order valence-electron chi connectivity index (χ4n) is 2.28. The third-order valence-electron chi connectivity index (χ3n) is 3.13. The summed E-state index contributed by atoms with van der Waals surface area (Å²) in [6.07, 6.45) is 2.33. The first-order valence-corrected chi connectivity index (χ1v) is 5.86. The number of carbonyl (C=O) groups is 2. The van der Waals surface area contributed by atoms with Gasteiger partial charge < -0.3 is 9.30 Å². The van der Waals surface area contributed by atoms with E-state index in [9.17, 15) is 9.59 Å². The van der Waals surface area contributed by atoms with Crippen molar-refractivity contribution in [2.24, 2.45) is 7.05 Å². The van der Waals surface area contributed by atoms with Crippen molar-refractivity contribution in [3.8, 4) is 0 Å². The fraction of sp³-hybridized carbons (Fsp3) is 0.286. The second kappa shape index (κ2) is 5.49. The monoisotopic (exact) mass is 245 g/mol. The quantitative estimate of drug-likeness (QED) is 0.578. The van der Waals surface area contributed by atoms with Gasteiger partial charge in [0.15, 0.2) is 6.29 Å². The van der Waals surface area contributed by atoms with E-state index < -0.39 is 0 Å². The molecule has 1 aromatic carbocycles. The van der Waals surface area contributed by atoms with Crippen molar-refractivity contribution in [3.05, 3.63) is 35.5 Å². The Labute approximate surface area is 105 Å². The van der Waals surface area contributed by atoms with Crippen LogP contribution in [0.3, 0.4) is 0 Å². The number of hydrogen-bond acceptors (Lipinski definition) is 3. The lowest BCUT2D eigenvalue weighted by Gasteiger charge is -2.04. The van der Waals surface area contributed by atoms with Gasteiger partial charge in [0.2, 0.25) is 0 Å². The van der Waals surface area contributed by atoms with Crippen molar-refractivity contribution in [2.75, 3.05) is 6.61 Å². The second-order valence-electron chi connectivity index (χ2n) is 4.12. The molecule has 0 bridgehead atoms. The molecule has 2 aromatic rings. The number of ether oxygens (including phenoxy) is 1. The second-order valence-corrected chi connectivity index (χ2v) is 4.12. The molecule has 0 aliphatic rings. The first kappa shape index (κ1) is 12.4. The molecule has 0 aliphatic heterocycles. The lowest BCUT2D eigenvalue weighted by atomic mass is 10.1. The van der Waals surface area contributed by atoms with E-state index in [0.29, 0.717) is 25.9 Å². The average molecular weight is 245 g/mol. The first-order valence-electron chi connectivity index (χ1n) is 5.86. The minimum absolute atomic E-state index is 0.378. The molecule has 0 fully saturated rings. The Bertz CT molecular complexity index is 572. The van der Waals surface area contributed by atoms with Gasteiger partial charge >= 0.3 is 0 Å². The van der Waals surface area contributed by atoms with E-state index in [1.807, 2.05) is 35.9 Å². The van der Waals surface area contributed by atoms with Gasteiger partial charge in [-0.25, -0.2) is 0 Å². The van der Waals surface area contributed by atoms with E-state index in [-0.39, 0.29) is 0 Å². The normalized spacial score (nSPS) is 10.5. The molecular weight excluding hydrogens is 230 g/mol. The van der Waals surface area contributed by atoms with E-state index in [4.69, 9.17) is 0 Å². The van der Waals surface area contributed by atoms with Crippen LogP contribution in [0.25, 0.3) is 10.9 Å².